The van der Waals surface area contributed by atoms with Gasteiger partial charge in [-0.05, 0) is 37.3 Å². The van der Waals surface area contributed by atoms with Crippen LogP contribution in [0.15, 0.2) is 6.07 Å². The second-order valence-corrected chi connectivity index (χ2v) is 6.26. The molecule has 0 spiro atoms. The number of aryl methyl sites for hydroxylation is 1. The zero-order valence-electron chi connectivity index (χ0n) is 9.58. The monoisotopic (exact) mass is 251 g/mol. The van der Waals surface area contributed by atoms with E-state index < -0.39 is 0 Å². The van der Waals surface area contributed by atoms with E-state index in [1.54, 1.807) is 10.4 Å². The average molecular weight is 251 g/mol. The number of terminal acetylenes is 1. The number of fused-ring (bicyclic) bond motifs is 1. The maximum atomic E-state index is 5.33. The Bertz CT molecular complexity index is 366. The minimum Gasteiger partial charge on any atom is -0.312 e. The Balaban J connectivity index is 2.12. The maximum Gasteiger partial charge on any atom is 0.0421 e. The van der Waals surface area contributed by atoms with Crippen molar-refractivity contribution in [2.24, 2.45) is 0 Å². The molecule has 2 heterocycles. The molecule has 1 aromatic rings. The maximum absolute atomic E-state index is 5.33. The number of rotatable bonds is 4. The fraction of sp³-hybridized carbons (Fsp3) is 0.538. The van der Waals surface area contributed by atoms with E-state index in [-0.39, 0.29) is 0 Å². The van der Waals surface area contributed by atoms with Crippen LogP contribution in [-0.4, -0.2) is 12.8 Å². The van der Waals surface area contributed by atoms with Gasteiger partial charge in [0.1, 0.15) is 0 Å². The van der Waals surface area contributed by atoms with Crippen LogP contribution >= 0.6 is 23.1 Å². The molecule has 0 aliphatic carbocycles. The van der Waals surface area contributed by atoms with Crippen molar-refractivity contribution in [3.63, 3.8) is 0 Å². The van der Waals surface area contributed by atoms with Crippen LogP contribution in [0.2, 0.25) is 0 Å². The van der Waals surface area contributed by atoms with E-state index in [1.165, 1.54) is 22.8 Å². The minimum absolute atomic E-state index is 0.441. The van der Waals surface area contributed by atoms with Crippen LogP contribution in [0.4, 0.5) is 0 Å². The Labute approximate surface area is 106 Å². The second kappa shape index (κ2) is 5.77. The molecule has 1 atom stereocenters. The van der Waals surface area contributed by atoms with Crippen LogP contribution in [0.3, 0.4) is 0 Å². The number of hydrogen-bond donors (Lipinski definition) is 1. The normalized spacial score (nSPS) is 16.5. The molecule has 16 heavy (non-hydrogen) atoms. The quantitative estimate of drug-likeness (QED) is 0.825. The third kappa shape index (κ3) is 2.63. The van der Waals surface area contributed by atoms with Gasteiger partial charge in [0.15, 0.2) is 0 Å². The molecule has 0 saturated heterocycles. The van der Waals surface area contributed by atoms with Crippen molar-refractivity contribution in [1.29, 1.82) is 0 Å². The van der Waals surface area contributed by atoms with Crippen molar-refractivity contribution in [2.75, 3.05) is 12.8 Å². The summed E-state index contributed by atoms with van der Waals surface area (Å²) in [7, 11) is 2.02. The fourth-order valence-electron chi connectivity index (χ4n) is 2.00. The van der Waals surface area contributed by atoms with Gasteiger partial charge in [-0.2, -0.15) is 11.8 Å². The SMILES string of the molecule is C#CCCC(NC)c1cc2c(s1)CCSC2. The lowest BCUT2D eigenvalue weighted by Gasteiger charge is -2.12. The zero-order chi connectivity index (χ0) is 11.4. The van der Waals surface area contributed by atoms with E-state index in [0.717, 1.165) is 12.8 Å². The van der Waals surface area contributed by atoms with Crippen LogP contribution in [0.5, 0.6) is 0 Å². The first-order chi connectivity index (χ1) is 7.85. The summed E-state index contributed by atoms with van der Waals surface area (Å²) in [5.74, 6) is 5.20. The van der Waals surface area contributed by atoms with Crippen LogP contribution < -0.4 is 5.32 Å². The van der Waals surface area contributed by atoms with Gasteiger partial charge < -0.3 is 5.32 Å². The van der Waals surface area contributed by atoms with Crippen molar-refractivity contribution < 1.29 is 0 Å². The molecule has 1 aliphatic rings. The molecule has 0 amide bonds. The summed E-state index contributed by atoms with van der Waals surface area (Å²) < 4.78 is 0. The van der Waals surface area contributed by atoms with Gasteiger partial charge in [0.05, 0.1) is 0 Å². The Morgan fingerprint density at radius 3 is 3.19 bits per heavy atom. The molecule has 3 heteroatoms. The predicted octanol–water partition coefficient (Wildman–Crippen LogP) is 3.21. The van der Waals surface area contributed by atoms with E-state index in [2.05, 4.69) is 17.3 Å². The van der Waals surface area contributed by atoms with Crippen LogP contribution in [-0.2, 0) is 12.2 Å². The number of nitrogens with one attached hydrogen (secondary N) is 1. The van der Waals surface area contributed by atoms with Gasteiger partial charge in [0.25, 0.3) is 0 Å². The topological polar surface area (TPSA) is 12.0 Å². The van der Waals surface area contributed by atoms with Crippen LogP contribution in [0, 0.1) is 12.3 Å². The second-order valence-electron chi connectivity index (χ2n) is 3.98. The summed E-state index contributed by atoms with van der Waals surface area (Å²) in [6, 6.07) is 2.82. The molecule has 1 aromatic heterocycles. The van der Waals surface area contributed by atoms with Gasteiger partial charge in [-0.3, -0.25) is 0 Å². The van der Waals surface area contributed by atoms with Crippen LogP contribution in [0.25, 0.3) is 0 Å². The Hall–Kier alpha value is -0.430. The lowest BCUT2D eigenvalue weighted by atomic mass is 10.1. The largest absolute Gasteiger partial charge is 0.312 e. The summed E-state index contributed by atoms with van der Waals surface area (Å²) in [5, 5.41) is 3.37. The van der Waals surface area contributed by atoms with Crippen LogP contribution in [0.1, 0.15) is 34.2 Å². The molecule has 1 nitrogen and oxygen atoms in total. The third-order valence-corrected chi connectivity index (χ3v) is 5.27. The lowest BCUT2D eigenvalue weighted by molar-refractivity contribution is 0.567. The average Bonchev–Trinajstić information content (AvgIpc) is 2.73. The highest BCUT2D eigenvalue weighted by Gasteiger charge is 2.17. The molecule has 1 aliphatic heterocycles. The highest BCUT2D eigenvalue weighted by Crippen LogP contribution is 2.35. The van der Waals surface area contributed by atoms with E-state index in [0.29, 0.717) is 6.04 Å². The van der Waals surface area contributed by atoms with Gasteiger partial charge in [-0.25, -0.2) is 0 Å². The fourth-order valence-corrected chi connectivity index (χ4v) is 4.52. The van der Waals surface area contributed by atoms with Crippen molar-refractivity contribution >= 4 is 23.1 Å². The number of thiophene rings is 1. The number of thioether (sulfide) groups is 1. The Morgan fingerprint density at radius 2 is 2.50 bits per heavy atom. The third-order valence-electron chi connectivity index (χ3n) is 2.92. The summed E-state index contributed by atoms with van der Waals surface area (Å²) in [6.45, 7) is 0. The van der Waals surface area contributed by atoms with Gasteiger partial charge in [0.2, 0.25) is 0 Å². The zero-order valence-corrected chi connectivity index (χ0v) is 11.2. The summed E-state index contributed by atoms with van der Waals surface area (Å²) in [6.07, 6.45) is 8.47. The Kier molecular flexibility index (Phi) is 4.34. The summed E-state index contributed by atoms with van der Waals surface area (Å²) >= 11 is 4.02. The minimum atomic E-state index is 0.441. The molecule has 86 valence electrons. The molecule has 0 bridgehead atoms. The molecule has 0 saturated carbocycles. The molecule has 0 radical (unpaired) electrons. The Morgan fingerprint density at radius 1 is 1.62 bits per heavy atom. The molecule has 1 N–H and O–H groups in total. The van der Waals surface area contributed by atoms with Gasteiger partial charge in [0, 0.05) is 28.0 Å². The highest BCUT2D eigenvalue weighted by atomic mass is 32.2. The van der Waals surface area contributed by atoms with Crippen molar-refractivity contribution in [2.45, 2.75) is 31.1 Å². The van der Waals surface area contributed by atoms with Gasteiger partial charge in [-0.15, -0.1) is 23.7 Å². The molecule has 0 fully saturated rings. The summed E-state index contributed by atoms with van der Waals surface area (Å²) in [4.78, 5) is 3.06. The lowest BCUT2D eigenvalue weighted by Crippen LogP contribution is -2.14. The first-order valence-corrected chi connectivity index (χ1v) is 7.62. The van der Waals surface area contributed by atoms with Crippen molar-refractivity contribution in [3.8, 4) is 12.3 Å². The van der Waals surface area contributed by atoms with Gasteiger partial charge >= 0.3 is 0 Å². The van der Waals surface area contributed by atoms with E-state index in [9.17, 15) is 0 Å². The highest BCUT2D eigenvalue weighted by molar-refractivity contribution is 7.98. The first-order valence-electron chi connectivity index (χ1n) is 5.65. The summed E-state index contributed by atoms with van der Waals surface area (Å²) in [5.41, 5.74) is 1.55. The predicted molar refractivity (Wildman–Crippen MR) is 74.1 cm³/mol. The van der Waals surface area contributed by atoms with Crippen molar-refractivity contribution in [3.05, 3.63) is 21.4 Å². The van der Waals surface area contributed by atoms with Gasteiger partial charge in [-0.1, -0.05) is 0 Å². The number of hydrogen-bond acceptors (Lipinski definition) is 3. The molecular formula is C13H17NS2. The smallest absolute Gasteiger partial charge is 0.0421 e. The van der Waals surface area contributed by atoms with Crippen molar-refractivity contribution in [1.82, 2.24) is 5.32 Å². The standard InChI is InChI=1S/C13H17NS2/c1-3-4-5-11(14-2)13-8-10-9-15-7-6-12(10)16-13/h1,8,11,14H,4-7,9H2,2H3. The molecule has 0 aromatic carbocycles. The molecule has 1 unspecified atom stereocenters. The van der Waals surface area contributed by atoms with E-state index in [1.807, 2.05) is 30.1 Å². The molecular weight excluding hydrogens is 234 g/mol. The molecule has 2 rings (SSSR count). The van der Waals surface area contributed by atoms with E-state index in [4.69, 9.17) is 6.42 Å². The van der Waals surface area contributed by atoms with E-state index >= 15 is 0 Å². The first kappa shape index (κ1) is 12.0.